The smallest absolute Gasteiger partial charge is 0.252 e. The van der Waals surface area contributed by atoms with Gasteiger partial charge in [-0.3, -0.25) is 4.79 Å². The molecule has 1 amide bonds. The predicted octanol–water partition coefficient (Wildman–Crippen LogP) is 4.55. The van der Waals surface area contributed by atoms with Crippen molar-refractivity contribution < 1.29 is 13.2 Å². The van der Waals surface area contributed by atoms with Crippen LogP contribution in [0.3, 0.4) is 0 Å². The molecule has 1 aliphatic rings. The highest BCUT2D eigenvalue weighted by atomic mass is 32.2. The zero-order valence-corrected chi connectivity index (χ0v) is 18.4. The van der Waals surface area contributed by atoms with Crippen molar-refractivity contribution >= 4 is 64.7 Å². The lowest BCUT2D eigenvalue weighted by atomic mass is 9.99. The number of carbonyl (C=O) groups is 1. The van der Waals surface area contributed by atoms with Gasteiger partial charge in [-0.2, -0.15) is 4.31 Å². The van der Waals surface area contributed by atoms with Crippen molar-refractivity contribution in [3.63, 3.8) is 0 Å². The van der Waals surface area contributed by atoms with Gasteiger partial charge in [-0.15, -0.1) is 11.3 Å². The van der Waals surface area contributed by atoms with Gasteiger partial charge in [0.15, 0.2) is 5.13 Å². The number of nitrogens with zero attached hydrogens (tertiary/aromatic N) is 2. The second-order valence-electron chi connectivity index (χ2n) is 7.28. The summed E-state index contributed by atoms with van der Waals surface area (Å²) in [5.74, 6) is -0.568. The molecule has 2 aromatic heterocycles. The number of carbonyl (C=O) groups excluding carboxylic acids is 1. The predicted molar refractivity (Wildman–Crippen MR) is 122 cm³/mol. The number of hydrogen-bond donors (Lipinski definition) is 1. The molecule has 4 aromatic rings. The van der Waals surface area contributed by atoms with Crippen LogP contribution in [0.5, 0.6) is 0 Å². The third-order valence-corrected chi connectivity index (χ3v) is 9.61. The van der Waals surface area contributed by atoms with Crippen LogP contribution in [-0.2, 0) is 14.8 Å². The molecule has 1 unspecified atom stereocenters. The maximum absolute atomic E-state index is 12.9. The second kappa shape index (κ2) is 7.73. The molecule has 1 N–H and O–H groups in total. The Morgan fingerprint density at radius 3 is 2.83 bits per heavy atom. The summed E-state index contributed by atoms with van der Waals surface area (Å²) in [6.45, 7) is 0.636. The van der Waals surface area contributed by atoms with Gasteiger partial charge in [0.2, 0.25) is 5.91 Å². The first kappa shape index (κ1) is 19.6. The van der Waals surface area contributed by atoms with E-state index in [0.717, 1.165) is 21.0 Å². The number of thiophene rings is 1. The van der Waals surface area contributed by atoms with Crippen LogP contribution in [0.1, 0.15) is 12.8 Å². The van der Waals surface area contributed by atoms with Gasteiger partial charge in [-0.05, 0) is 35.7 Å². The van der Waals surface area contributed by atoms with Crippen LogP contribution in [-0.4, -0.2) is 36.7 Å². The van der Waals surface area contributed by atoms with Crippen LogP contribution in [0.2, 0.25) is 0 Å². The summed E-state index contributed by atoms with van der Waals surface area (Å²) >= 11 is 2.65. The highest BCUT2D eigenvalue weighted by Gasteiger charge is 2.34. The summed E-state index contributed by atoms with van der Waals surface area (Å²) in [5.41, 5.74) is 0.847. The zero-order valence-electron chi connectivity index (χ0n) is 15.9. The van der Waals surface area contributed by atoms with Gasteiger partial charge in [-0.25, -0.2) is 13.4 Å². The Morgan fingerprint density at radius 1 is 1.13 bits per heavy atom. The van der Waals surface area contributed by atoms with Crippen molar-refractivity contribution in [3.05, 3.63) is 53.9 Å². The highest BCUT2D eigenvalue weighted by Crippen LogP contribution is 2.33. The van der Waals surface area contributed by atoms with Crippen molar-refractivity contribution in [2.75, 3.05) is 18.4 Å². The van der Waals surface area contributed by atoms with Gasteiger partial charge in [0.05, 0.1) is 16.1 Å². The number of amides is 1. The van der Waals surface area contributed by atoms with E-state index in [0.29, 0.717) is 28.7 Å². The molecule has 3 heterocycles. The molecule has 0 radical (unpaired) electrons. The summed E-state index contributed by atoms with van der Waals surface area (Å²) in [4.78, 5) is 17.5. The summed E-state index contributed by atoms with van der Waals surface area (Å²) < 4.78 is 28.4. The van der Waals surface area contributed by atoms with Crippen LogP contribution in [0.25, 0.3) is 21.0 Å². The Hall–Kier alpha value is -2.33. The first-order valence-corrected chi connectivity index (χ1v) is 12.8. The van der Waals surface area contributed by atoms with Gasteiger partial charge in [0, 0.05) is 18.5 Å². The number of piperidine rings is 1. The minimum atomic E-state index is -3.54. The minimum Gasteiger partial charge on any atom is -0.302 e. The number of aromatic nitrogens is 1. The standard InChI is InChI=1S/C21H19N3O3S3/c25-20(15-6-3-11-24(13-15)30(26,27)18-8-4-12-28-18)23-21-22-17-10-9-14-5-1-2-7-16(14)19(17)29-21/h1-2,4-5,7-10,12,15H,3,6,11,13H2,(H,22,23,25). The Balaban J connectivity index is 1.35. The van der Waals surface area contributed by atoms with Crippen molar-refractivity contribution in [2.24, 2.45) is 5.92 Å². The zero-order chi connectivity index (χ0) is 20.7. The van der Waals surface area contributed by atoms with E-state index in [1.807, 2.05) is 24.3 Å². The fraction of sp³-hybridized carbons (Fsp3) is 0.238. The summed E-state index contributed by atoms with van der Waals surface area (Å²) in [7, 11) is -3.54. The molecule has 6 nitrogen and oxygen atoms in total. The van der Waals surface area contributed by atoms with Gasteiger partial charge in [0.25, 0.3) is 10.0 Å². The highest BCUT2D eigenvalue weighted by molar-refractivity contribution is 7.91. The largest absolute Gasteiger partial charge is 0.302 e. The molecular formula is C21H19N3O3S3. The van der Waals surface area contributed by atoms with Crippen LogP contribution < -0.4 is 5.32 Å². The fourth-order valence-corrected chi connectivity index (χ4v) is 7.50. The van der Waals surface area contributed by atoms with Crippen molar-refractivity contribution in [1.82, 2.24) is 9.29 Å². The SMILES string of the molecule is O=C(Nc1nc2ccc3ccccc3c2s1)C1CCCN(S(=O)(=O)c2cccs2)C1. The Bertz CT molecular complexity index is 1330. The fourth-order valence-electron chi connectivity index (χ4n) is 3.83. The van der Waals surface area contributed by atoms with Crippen LogP contribution in [0, 0.1) is 5.92 Å². The quantitative estimate of drug-likeness (QED) is 0.488. The van der Waals surface area contributed by atoms with Crippen LogP contribution in [0.4, 0.5) is 5.13 Å². The molecule has 154 valence electrons. The first-order chi connectivity index (χ1) is 14.5. The lowest BCUT2D eigenvalue weighted by molar-refractivity contribution is -0.120. The molecule has 9 heteroatoms. The molecular weight excluding hydrogens is 438 g/mol. The number of anilines is 1. The normalized spacial score (nSPS) is 18.1. The molecule has 1 saturated heterocycles. The van der Waals surface area contributed by atoms with Crippen molar-refractivity contribution in [2.45, 2.75) is 17.1 Å². The molecule has 0 aliphatic carbocycles. The molecule has 1 aliphatic heterocycles. The van der Waals surface area contributed by atoms with Crippen molar-refractivity contribution in [1.29, 1.82) is 0 Å². The van der Waals surface area contributed by atoms with E-state index in [9.17, 15) is 13.2 Å². The Morgan fingerprint density at radius 2 is 2.00 bits per heavy atom. The molecule has 2 aromatic carbocycles. The number of sulfonamides is 1. The third-order valence-electron chi connectivity index (χ3n) is 5.35. The van der Waals surface area contributed by atoms with Crippen molar-refractivity contribution in [3.8, 4) is 0 Å². The minimum absolute atomic E-state index is 0.176. The van der Waals surface area contributed by atoms with E-state index < -0.39 is 15.9 Å². The van der Waals surface area contributed by atoms with Gasteiger partial charge < -0.3 is 5.32 Å². The number of fused-ring (bicyclic) bond motifs is 3. The molecule has 0 bridgehead atoms. The monoisotopic (exact) mass is 457 g/mol. The first-order valence-electron chi connectivity index (χ1n) is 9.65. The van der Waals surface area contributed by atoms with Gasteiger partial charge in [0.1, 0.15) is 4.21 Å². The number of hydrogen-bond acceptors (Lipinski definition) is 6. The van der Waals surface area contributed by atoms with E-state index in [2.05, 4.69) is 22.4 Å². The average molecular weight is 458 g/mol. The van der Waals surface area contributed by atoms with Crippen LogP contribution in [0.15, 0.2) is 58.1 Å². The Kier molecular flexibility index (Phi) is 5.06. The second-order valence-corrected chi connectivity index (χ2v) is 11.4. The summed E-state index contributed by atoms with van der Waals surface area (Å²) in [6.07, 6.45) is 1.32. The Labute approximate surface area is 182 Å². The molecule has 1 atom stereocenters. The number of benzene rings is 2. The topological polar surface area (TPSA) is 79.4 Å². The third kappa shape index (κ3) is 3.51. The summed E-state index contributed by atoms with van der Waals surface area (Å²) in [6, 6.07) is 15.4. The van der Waals surface area contributed by atoms with Gasteiger partial charge >= 0.3 is 0 Å². The van der Waals surface area contributed by atoms with E-state index in [1.54, 1.807) is 17.5 Å². The van der Waals surface area contributed by atoms with E-state index in [-0.39, 0.29) is 12.5 Å². The number of thiazole rings is 1. The molecule has 1 fully saturated rings. The van der Waals surface area contributed by atoms with E-state index >= 15 is 0 Å². The number of rotatable bonds is 4. The lowest BCUT2D eigenvalue weighted by Gasteiger charge is -2.30. The maximum Gasteiger partial charge on any atom is 0.252 e. The van der Waals surface area contributed by atoms with Crippen LogP contribution >= 0.6 is 22.7 Å². The number of nitrogens with one attached hydrogen (secondary N) is 1. The maximum atomic E-state index is 12.9. The van der Waals surface area contributed by atoms with Gasteiger partial charge in [-0.1, -0.05) is 47.7 Å². The molecule has 0 spiro atoms. The van der Waals surface area contributed by atoms with E-state index in [1.165, 1.54) is 27.0 Å². The molecule has 5 rings (SSSR count). The average Bonchev–Trinajstić information content (AvgIpc) is 3.44. The van der Waals surface area contributed by atoms with E-state index in [4.69, 9.17) is 0 Å². The molecule has 30 heavy (non-hydrogen) atoms. The molecule has 0 saturated carbocycles. The lowest BCUT2D eigenvalue weighted by Crippen LogP contribution is -2.43. The summed E-state index contributed by atoms with van der Waals surface area (Å²) in [5, 5.41) is 7.46.